The Morgan fingerprint density at radius 1 is 0.696 bits per heavy atom. The molecule has 1 heterocycles. The SMILES string of the molecule is CCCCCCCCCCCCCCCCCC1OC=CN1C. The van der Waals surface area contributed by atoms with Crippen LogP contribution in [-0.2, 0) is 4.74 Å². The van der Waals surface area contributed by atoms with Crippen molar-refractivity contribution in [2.45, 2.75) is 116 Å². The van der Waals surface area contributed by atoms with Gasteiger partial charge < -0.3 is 9.64 Å². The van der Waals surface area contributed by atoms with Crippen LogP contribution in [0.25, 0.3) is 0 Å². The van der Waals surface area contributed by atoms with Crippen LogP contribution in [0.3, 0.4) is 0 Å². The van der Waals surface area contributed by atoms with Crippen LogP contribution in [0.4, 0.5) is 0 Å². The van der Waals surface area contributed by atoms with Gasteiger partial charge in [0.1, 0.15) is 6.26 Å². The van der Waals surface area contributed by atoms with Gasteiger partial charge in [0.15, 0.2) is 6.23 Å². The molecular weight excluding hydrogens is 282 g/mol. The largest absolute Gasteiger partial charge is 0.477 e. The van der Waals surface area contributed by atoms with Crippen LogP contribution in [0, 0.1) is 0 Å². The summed E-state index contributed by atoms with van der Waals surface area (Å²) in [6.45, 7) is 2.29. The van der Waals surface area contributed by atoms with Crippen molar-refractivity contribution in [2.75, 3.05) is 7.05 Å². The maximum Gasteiger partial charge on any atom is 0.170 e. The molecule has 136 valence electrons. The van der Waals surface area contributed by atoms with Gasteiger partial charge in [-0.3, -0.25) is 0 Å². The molecule has 1 aliphatic heterocycles. The van der Waals surface area contributed by atoms with Crippen molar-refractivity contribution < 1.29 is 4.74 Å². The number of ether oxygens (including phenoxy) is 1. The lowest BCUT2D eigenvalue weighted by Gasteiger charge is -2.19. The van der Waals surface area contributed by atoms with E-state index in [0.717, 1.165) is 0 Å². The highest BCUT2D eigenvalue weighted by molar-refractivity contribution is 4.83. The average molecular weight is 324 g/mol. The van der Waals surface area contributed by atoms with Crippen molar-refractivity contribution in [3.05, 3.63) is 12.5 Å². The number of nitrogens with zero attached hydrogens (tertiary/aromatic N) is 1. The lowest BCUT2D eigenvalue weighted by molar-refractivity contribution is 0.0627. The van der Waals surface area contributed by atoms with E-state index in [1.54, 1.807) is 0 Å². The number of hydrogen-bond donors (Lipinski definition) is 0. The van der Waals surface area contributed by atoms with E-state index in [1.807, 2.05) is 12.5 Å². The summed E-state index contributed by atoms with van der Waals surface area (Å²) < 4.78 is 5.53. The zero-order valence-electron chi connectivity index (χ0n) is 15.9. The van der Waals surface area contributed by atoms with Gasteiger partial charge in [-0.1, -0.05) is 96.8 Å². The molecule has 1 unspecified atom stereocenters. The summed E-state index contributed by atoms with van der Waals surface area (Å²) in [6.07, 6.45) is 26.7. The Kier molecular flexibility index (Phi) is 13.2. The van der Waals surface area contributed by atoms with Gasteiger partial charge >= 0.3 is 0 Å². The minimum atomic E-state index is 0.303. The van der Waals surface area contributed by atoms with E-state index in [1.165, 1.54) is 103 Å². The fourth-order valence-electron chi connectivity index (χ4n) is 3.38. The van der Waals surface area contributed by atoms with E-state index in [9.17, 15) is 0 Å². The van der Waals surface area contributed by atoms with E-state index >= 15 is 0 Å². The first-order chi connectivity index (χ1) is 11.3. The van der Waals surface area contributed by atoms with Crippen LogP contribution in [0.15, 0.2) is 12.5 Å². The topological polar surface area (TPSA) is 12.5 Å². The molecule has 0 spiro atoms. The fraction of sp³-hybridized carbons (Fsp3) is 0.905. The molecule has 1 rings (SSSR count). The summed E-state index contributed by atoms with van der Waals surface area (Å²) in [5, 5.41) is 0. The Balaban J connectivity index is 1.69. The van der Waals surface area contributed by atoms with Gasteiger partial charge in [-0.05, 0) is 6.42 Å². The molecule has 2 heteroatoms. The van der Waals surface area contributed by atoms with Crippen LogP contribution in [0.2, 0.25) is 0 Å². The zero-order valence-corrected chi connectivity index (χ0v) is 15.9. The number of rotatable bonds is 16. The molecule has 0 radical (unpaired) electrons. The number of unbranched alkanes of at least 4 members (excludes halogenated alkanes) is 14. The van der Waals surface area contributed by atoms with Gasteiger partial charge in [-0.2, -0.15) is 0 Å². The lowest BCUT2D eigenvalue weighted by Crippen LogP contribution is -2.23. The average Bonchev–Trinajstić information content (AvgIpc) is 2.96. The van der Waals surface area contributed by atoms with Gasteiger partial charge in [0.2, 0.25) is 0 Å². The van der Waals surface area contributed by atoms with E-state index < -0.39 is 0 Å². The van der Waals surface area contributed by atoms with E-state index in [4.69, 9.17) is 4.74 Å². The maximum absolute atomic E-state index is 5.53. The van der Waals surface area contributed by atoms with Crippen molar-refractivity contribution in [3.63, 3.8) is 0 Å². The second-order valence-corrected chi connectivity index (χ2v) is 7.28. The lowest BCUT2D eigenvalue weighted by atomic mass is 10.0. The summed E-state index contributed by atoms with van der Waals surface area (Å²) >= 11 is 0. The molecule has 1 atom stereocenters. The maximum atomic E-state index is 5.53. The highest BCUT2D eigenvalue weighted by Gasteiger charge is 2.15. The minimum absolute atomic E-state index is 0.303. The third-order valence-corrected chi connectivity index (χ3v) is 5.04. The first kappa shape index (κ1) is 20.4. The van der Waals surface area contributed by atoms with Crippen LogP contribution in [0.5, 0.6) is 0 Å². The van der Waals surface area contributed by atoms with Crippen LogP contribution in [-0.4, -0.2) is 18.2 Å². The third-order valence-electron chi connectivity index (χ3n) is 5.04. The first-order valence-corrected chi connectivity index (χ1v) is 10.4. The minimum Gasteiger partial charge on any atom is -0.477 e. The fourth-order valence-corrected chi connectivity index (χ4v) is 3.38. The van der Waals surface area contributed by atoms with Crippen LogP contribution in [0.1, 0.15) is 110 Å². The quantitative estimate of drug-likeness (QED) is 0.283. The van der Waals surface area contributed by atoms with Gasteiger partial charge in [0.05, 0.1) is 0 Å². The van der Waals surface area contributed by atoms with Crippen molar-refractivity contribution in [3.8, 4) is 0 Å². The molecule has 1 aliphatic rings. The molecule has 0 aliphatic carbocycles. The van der Waals surface area contributed by atoms with Crippen molar-refractivity contribution >= 4 is 0 Å². The Morgan fingerprint density at radius 3 is 1.52 bits per heavy atom. The van der Waals surface area contributed by atoms with Crippen molar-refractivity contribution in [2.24, 2.45) is 0 Å². The predicted octanol–water partition coefficient (Wildman–Crippen LogP) is 7.01. The number of hydrogen-bond acceptors (Lipinski definition) is 2. The zero-order chi connectivity index (χ0) is 16.6. The highest BCUT2D eigenvalue weighted by atomic mass is 16.5. The monoisotopic (exact) mass is 323 g/mol. The van der Waals surface area contributed by atoms with Crippen molar-refractivity contribution in [1.82, 2.24) is 4.90 Å². The predicted molar refractivity (Wildman–Crippen MR) is 101 cm³/mol. The van der Waals surface area contributed by atoms with Crippen LogP contribution >= 0.6 is 0 Å². The standard InChI is InChI=1S/C21H41NO/c1-3-4-5-6-7-8-9-10-11-12-13-14-15-16-17-18-21-22(2)19-20-23-21/h19-21H,3-18H2,1-2H3. The molecule has 0 aromatic carbocycles. The second kappa shape index (κ2) is 14.9. The molecule has 0 saturated heterocycles. The van der Waals surface area contributed by atoms with Crippen LogP contribution < -0.4 is 0 Å². The Hall–Kier alpha value is -0.660. The summed E-state index contributed by atoms with van der Waals surface area (Å²) in [5.74, 6) is 0. The van der Waals surface area contributed by atoms with Gasteiger partial charge in [0.25, 0.3) is 0 Å². The van der Waals surface area contributed by atoms with Gasteiger partial charge in [-0.15, -0.1) is 0 Å². The van der Waals surface area contributed by atoms with E-state index in [-0.39, 0.29) is 0 Å². The molecule has 0 amide bonds. The Bertz CT molecular complexity index is 277. The van der Waals surface area contributed by atoms with E-state index in [0.29, 0.717) is 6.23 Å². The summed E-state index contributed by atoms with van der Waals surface area (Å²) in [6, 6.07) is 0. The molecule has 0 saturated carbocycles. The third kappa shape index (κ3) is 11.5. The molecule has 0 aromatic rings. The van der Waals surface area contributed by atoms with Gasteiger partial charge in [0, 0.05) is 19.7 Å². The molecule has 2 nitrogen and oxygen atoms in total. The normalized spacial score (nSPS) is 17.0. The molecular formula is C21H41NO. The second-order valence-electron chi connectivity index (χ2n) is 7.28. The highest BCUT2D eigenvalue weighted by Crippen LogP contribution is 2.17. The molecule has 23 heavy (non-hydrogen) atoms. The van der Waals surface area contributed by atoms with Gasteiger partial charge in [-0.25, -0.2) is 0 Å². The summed E-state index contributed by atoms with van der Waals surface area (Å²) in [7, 11) is 2.10. The Morgan fingerprint density at radius 2 is 1.13 bits per heavy atom. The molecule has 0 fully saturated rings. The molecule has 0 N–H and O–H groups in total. The smallest absolute Gasteiger partial charge is 0.170 e. The molecule has 0 bridgehead atoms. The van der Waals surface area contributed by atoms with Crippen molar-refractivity contribution in [1.29, 1.82) is 0 Å². The Labute approximate surface area is 145 Å². The molecule has 0 aromatic heterocycles. The van der Waals surface area contributed by atoms with E-state index in [2.05, 4.69) is 18.9 Å². The first-order valence-electron chi connectivity index (χ1n) is 10.4. The summed E-state index contributed by atoms with van der Waals surface area (Å²) in [4.78, 5) is 2.17. The summed E-state index contributed by atoms with van der Waals surface area (Å²) in [5.41, 5.74) is 0.